The van der Waals surface area contributed by atoms with Crippen molar-refractivity contribution in [1.29, 1.82) is 0 Å². The lowest BCUT2D eigenvalue weighted by molar-refractivity contribution is 0.456. The molecule has 1 aromatic carbocycles. The normalized spacial score (nSPS) is 17.9. The summed E-state index contributed by atoms with van der Waals surface area (Å²) in [5.74, 6) is 0. The summed E-state index contributed by atoms with van der Waals surface area (Å²) in [7, 11) is -3.80. The van der Waals surface area contributed by atoms with Crippen LogP contribution in [0.25, 0.3) is 27.6 Å². The van der Waals surface area contributed by atoms with Crippen LogP contribution in [0.3, 0.4) is 0 Å². The average Bonchev–Trinajstić information content (AvgIpc) is 3.32. The minimum Gasteiger partial charge on any atom is -0.356 e. The van der Waals surface area contributed by atoms with E-state index in [-0.39, 0.29) is 4.90 Å². The maximum Gasteiger partial charge on any atom is 0.268 e. The van der Waals surface area contributed by atoms with Gasteiger partial charge in [0, 0.05) is 35.9 Å². The van der Waals surface area contributed by atoms with Gasteiger partial charge in [0.2, 0.25) is 0 Å². The highest BCUT2D eigenvalue weighted by atomic mass is 32.2. The van der Waals surface area contributed by atoms with Gasteiger partial charge in [0.05, 0.1) is 22.1 Å². The van der Waals surface area contributed by atoms with Crippen molar-refractivity contribution in [3.63, 3.8) is 0 Å². The molecule has 0 saturated heterocycles. The molecule has 1 aliphatic heterocycles. The van der Waals surface area contributed by atoms with E-state index in [1.807, 2.05) is 0 Å². The van der Waals surface area contributed by atoms with E-state index in [4.69, 9.17) is 4.52 Å². The van der Waals surface area contributed by atoms with Crippen LogP contribution in [-0.4, -0.2) is 35.1 Å². The van der Waals surface area contributed by atoms with Crippen molar-refractivity contribution in [2.45, 2.75) is 24.3 Å². The Kier molecular flexibility index (Phi) is 3.85. The number of nitrogens with one attached hydrogen (secondary N) is 1. The molecule has 4 aromatic rings. The van der Waals surface area contributed by atoms with E-state index in [0.717, 1.165) is 24.1 Å². The van der Waals surface area contributed by atoms with E-state index in [0.29, 0.717) is 28.0 Å². The number of fused-ring (bicyclic) bond motifs is 2. The Hall–Kier alpha value is -2.97. The second kappa shape index (κ2) is 6.29. The number of aromatic nitrogens is 3. The molecule has 0 radical (unpaired) electrons. The third kappa shape index (κ3) is 2.64. The van der Waals surface area contributed by atoms with Crippen molar-refractivity contribution in [1.82, 2.24) is 19.4 Å². The van der Waals surface area contributed by atoms with Crippen LogP contribution in [0, 0.1) is 0 Å². The summed E-state index contributed by atoms with van der Waals surface area (Å²) in [6, 6.07) is 8.60. The first kappa shape index (κ1) is 17.2. The largest absolute Gasteiger partial charge is 0.356 e. The molecule has 1 aliphatic rings. The Morgan fingerprint density at radius 3 is 3.04 bits per heavy atom. The molecule has 28 heavy (non-hydrogen) atoms. The van der Waals surface area contributed by atoms with Crippen molar-refractivity contribution >= 4 is 37.6 Å². The molecule has 0 bridgehead atoms. The topological polar surface area (TPSA) is 90.0 Å². The van der Waals surface area contributed by atoms with E-state index in [1.54, 1.807) is 36.7 Å². The Bertz CT molecular complexity index is 1330. The standard InChI is InChI=1S/C20H18N4O3S/c1-13-9-14(6-8-21-13)17-12-24(18-3-2-7-22-20(17)18)28(25,26)16-4-5-19-15(10-16)11-23-27-19/h2-7,10-13,21H,8-9H2,1H3. The number of benzene rings is 1. The van der Waals surface area contributed by atoms with E-state index in [2.05, 4.69) is 28.5 Å². The van der Waals surface area contributed by atoms with Crippen molar-refractivity contribution in [2.75, 3.05) is 6.54 Å². The van der Waals surface area contributed by atoms with Gasteiger partial charge in [-0.2, -0.15) is 0 Å². The molecule has 0 fully saturated rings. The molecule has 1 unspecified atom stereocenters. The van der Waals surface area contributed by atoms with Crippen LogP contribution in [0.4, 0.5) is 0 Å². The van der Waals surface area contributed by atoms with Gasteiger partial charge in [0.1, 0.15) is 0 Å². The lowest BCUT2D eigenvalue weighted by Gasteiger charge is -2.20. The molecule has 0 saturated carbocycles. The number of hydrogen-bond donors (Lipinski definition) is 1. The minimum atomic E-state index is -3.80. The highest BCUT2D eigenvalue weighted by Gasteiger charge is 2.24. The number of hydrogen-bond acceptors (Lipinski definition) is 6. The molecule has 3 aromatic heterocycles. The molecule has 1 atom stereocenters. The Labute approximate surface area is 161 Å². The molecule has 4 heterocycles. The zero-order valence-corrected chi connectivity index (χ0v) is 16.0. The first-order valence-corrected chi connectivity index (χ1v) is 10.5. The maximum absolute atomic E-state index is 13.4. The first-order chi connectivity index (χ1) is 13.5. The number of rotatable bonds is 3. The summed E-state index contributed by atoms with van der Waals surface area (Å²) in [6.45, 7) is 2.87. The van der Waals surface area contributed by atoms with Gasteiger partial charge < -0.3 is 9.84 Å². The predicted octanol–water partition coefficient (Wildman–Crippen LogP) is 3.18. The first-order valence-electron chi connectivity index (χ1n) is 9.03. The molecule has 7 nitrogen and oxygen atoms in total. The SMILES string of the molecule is CC1CC(c2cn(S(=O)(=O)c3ccc4oncc4c3)c3cccnc23)=CCN1. The summed E-state index contributed by atoms with van der Waals surface area (Å²) in [5.41, 5.74) is 3.77. The summed E-state index contributed by atoms with van der Waals surface area (Å²) in [4.78, 5) is 4.66. The van der Waals surface area contributed by atoms with Crippen molar-refractivity contribution < 1.29 is 12.9 Å². The quantitative estimate of drug-likeness (QED) is 0.574. The fraction of sp³-hybridized carbons (Fsp3) is 0.200. The molecule has 8 heteroatoms. The van der Waals surface area contributed by atoms with Gasteiger partial charge in [-0.15, -0.1) is 0 Å². The van der Waals surface area contributed by atoms with E-state index >= 15 is 0 Å². The summed E-state index contributed by atoms with van der Waals surface area (Å²) >= 11 is 0. The lowest BCUT2D eigenvalue weighted by Crippen LogP contribution is -2.29. The van der Waals surface area contributed by atoms with Gasteiger partial charge in [-0.3, -0.25) is 4.98 Å². The van der Waals surface area contributed by atoms with Crippen LogP contribution in [0.5, 0.6) is 0 Å². The molecule has 0 aliphatic carbocycles. The maximum atomic E-state index is 13.4. The molecular formula is C20H18N4O3S. The van der Waals surface area contributed by atoms with E-state index < -0.39 is 10.0 Å². The van der Waals surface area contributed by atoms with Crippen LogP contribution < -0.4 is 5.32 Å². The monoisotopic (exact) mass is 394 g/mol. The fourth-order valence-corrected chi connectivity index (χ4v) is 5.07. The second-order valence-electron chi connectivity index (χ2n) is 6.98. The van der Waals surface area contributed by atoms with E-state index in [9.17, 15) is 8.42 Å². The zero-order chi connectivity index (χ0) is 19.3. The Balaban J connectivity index is 1.71. The van der Waals surface area contributed by atoms with Gasteiger partial charge >= 0.3 is 0 Å². The number of pyridine rings is 1. The summed E-state index contributed by atoms with van der Waals surface area (Å²) in [6.07, 6.45) is 7.81. The Morgan fingerprint density at radius 1 is 1.29 bits per heavy atom. The van der Waals surface area contributed by atoms with Gasteiger partial charge in [0.15, 0.2) is 5.58 Å². The molecule has 142 valence electrons. The summed E-state index contributed by atoms with van der Waals surface area (Å²) < 4.78 is 33.3. The summed E-state index contributed by atoms with van der Waals surface area (Å²) in [5, 5.41) is 7.73. The molecular weight excluding hydrogens is 376 g/mol. The van der Waals surface area contributed by atoms with Gasteiger partial charge in [0.25, 0.3) is 10.0 Å². The minimum absolute atomic E-state index is 0.183. The predicted molar refractivity (Wildman–Crippen MR) is 106 cm³/mol. The smallest absolute Gasteiger partial charge is 0.268 e. The van der Waals surface area contributed by atoms with Crippen LogP contribution in [-0.2, 0) is 10.0 Å². The molecule has 1 N–H and O–H groups in total. The van der Waals surface area contributed by atoms with Gasteiger partial charge in [-0.25, -0.2) is 12.4 Å². The van der Waals surface area contributed by atoms with Gasteiger partial charge in [-0.05, 0) is 49.2 Å². The van der Waals surface area contributed by atoms with E-state index in [1.165, 1.54) is 16.2 Å². The van der Waals surface area contributed by atoms with Crippen molar-refractivity contribution in [2.24, 2.45) is 0 Å². The Morgan fingerprint density at radius 2 is 2.18 bits per heavy atom. The van der Waals surface area contributed by atoms with Crippen LogP contribution in [0.15, 0.2) is 64.4 Å². The third-order valence-corrected chi connectivity index (χ3v) is 6.76. The zero-order valence-electron chi connectivity index (χ0n) is 15.2. The highest BCUT2D eigenvalue weighted by molar-refractivity contribution is 7.90. The number of nitrogens with zero attached hydrogens (tertiary/aromatic N) is 3. The molecule has 0 spiro atoms. The third-order valence-electron chi connectivity index (χ3n) is 5.09. The van der Waals surface area contributed by atoms with Crippen molar-refractivity contribution in [3.8, 4) is 0 Å². The second-order valence-corrected chi connectivity index (χ2v) is 8.80. The average molecular weight is 394 g/mol. The highest BCUT2D eigenvalue weighted by Crippen LogP contribution is 2.32. The van der Waals surface area contributed by atoms with Crippen LogP contribution >= 0.6 is 0 Å². The van der Waals surface area contributed by atoms with Crippen molar-refractivity contribution in [3.05, 3.63) is 60.6 Å². The molecule has 0 amide bonds. The van der Waals surface area contributed by atoms with Gasteiger partial charge in [-0.1, -0.05) is 11.2 Å². The lowest BCUT2D eigenvalue weighted by atomic mass is 9.97. The van der Waals surface area contributed by atoms with Crippen LogP contribution in [0.1, 0.15) is 18.9 Å². The van der Waals surface area contributed by atoms with Crippen LogP contribution in [0.2, 0.25) is 0 Å². The fourth-order valence-electron chi connectivity index (χ4n) is 3.68. The molecule has 5 rings (SSSR count).